The number of alkyl halides is 3. The molecule has 0 saturated heterocycles. The number of pyridine rings is 1. The lowest BCUT2D eigenvalue weighted by atomic mass is 10.1. The first-order valence-electron chi connectivity index (χ1n) is 8.69. The molecule has 7 nitrogen and oxygen atoms in total. The number of carbonyl (C=O) groups is 2. The number of hydrogen-bond donors (Lipinski definition) is 3. The second-order valence-corrected chi connectivity index (χ2v) is 6.25. The van der Waals surface area contributed by atoms with Gasteiger partial charge in [0.15, 0.2) is 0 Å². The van der Waals surface area contributed by atoms with Crippen LogP contribution in [0.5, 0.6) is 0 Å². The molecule has 0 spiro atoms. The Bertz CT molecular complexity index is 1030. The van der Waals surface area contributed by atoms with E-state index >= 15 is 0 Å². The van der Waals surface area contributed by atoms with Gasteiger partial charge in [0.05, 0.1) is 11.3 Å². The van der Waals surface area contributed by atoms with Gasteiger partial charge >= 0.3 is 12.2 Å². The fraction of sp³-hybridized carbons (Fsp3) is 0.211. The average molecular weight is 405 g/mol. The van der Waals surface area contributed by atoms with E-state index in [-0.39, 0.29) is 6.54 Å². The number of fused-ring (bicyclic) bond motifs is 1. The zero-order chi connectivity index (χ0) is 21.0. The molecule has 1 aromatic carbocycles. The first kappa shape index (κ1) is 20.2. The molecule has 3 amide bonds. The number of amides is 3. The van der Waals surface area contributed by atoms with Crippen LogP contribution in [0.2, 0.25) is 0 Å². The van der Waals surface area contributed by atoms with Crippen LogP contribution in [0, 0.1) is 6.92 Å². The molecular formula is C19H18F3N5O2. The van der Waals surface area contributed by atoms with Crippen LogP contribution in [0.15, 0.2) is 48.7 Å². The molecule has 3 rings (SSSR count). The van der Waals surface area contributed by atoms with E-state index in [0.29, 0.717) is 29.0 Å². The molecule has 10 heteroatoms. The zero-order valence-corrected chi connectivity index (χ0v) is 15.4. The van der Waals surface area contributed by atoms with Gasteiger partial charge in [-0.1, -0.05) is 18.2 Å². The number of carbonyl (C=O) groups excluding carboxylic acids is 2. The van der Waals surface area contributed by atoms with Crippen molar-refractivity contribution in [1.82, 2.24) is 25.6 Å². The minimum Gasteiger partial charge on any atom is -0.336 e. The Balaban J connectivity index is 1.47. The van der Waals surface area contributed by atoms with E-state index in [1.165, 1.54) is 12.1 Å². The maximum atomic E-state index is 12.5. The summed E-state index contributed by atoms with van der Waals surface area (Å²) in [5.74, 6) is -0.529. The van der Waals surface area contributed by atoms with Gasteiger partial charge in [0.25, 0.3) is 5.91 Å². The lowest BCUT2D eigenvalue weighted by molar-refractivity contribution is -0.137. The fourth-order valence-electron chi connectivity index (χ4n) is 2.78. The Hall–Kier alpha value is -3.56. The van der Waals surface area contributed by atoms with E-state index in [1.54, 1.807) is 35.7 Å². The molecule has 2 aromatic heterocycles. The number of imidazole rings is 1. The first-order valence-corrected chi connectivity index (χ1v) is 8.69. The van der Waals surface area contributed by atoms with Crippen molar-refractivity contribution in [2.75, 3.05) is 6.54 Å². The normalized spacial score (nSPS) is 11.3. The number of aryl methyl sites for hydroxylation is 1. The van der Waals surface area contributed by atoms with Crippen molar-refractivity contribution in [3.8, 4) is 0 Å². The quantitative estimate of drug-likeness (QED) is 0.584. The monoisotopic (exact) mass is 405 g/mol. The highest BCUT2D eigenvalue weighted by molar-refractivity contribution is 5.95. The third kappa shape index (κ3) is 4.84. The lowest BCUT2D eigenvalue weighted by Crippen LogP contribution is -2.47. The molecule has 0 aliphatic carbocycles. The molecule has 29 heavy (non-hydrogen) atoms. The number of hydrogen-bond acceptors (Lipinski definition) is 3. The number of hydrazine groups is 1. The Morgan fingerprint density at radius 3 is 2.48 bits per heavy atom. The van der Waals surface area contributed by atoms with E-state index in [1.807, 2.05) is 0 Å². The molecule has 0 fully saturated rings. The molecule has 0 aliphatic heterocycles. The van der Waals surface area contributed by atoms with Crippen LogP contribution >= 0.6 is 0 Å². The molecule has 0 radical (unpaired) electrons. The average Bonchev–Trinajstić information content (AvgIpc) is 3.01. The van der Waals surface area contributed by atoms with Crippen LogP contribution in [-0.4, -0.2) is 27.9 Å². The molecule has 3 aromatic rings. The Labute approximate surface area is 163 Å². The molecule has 0 bridgehead atoms. The maximum Gasteiger partial charge on any atom is 0.416 e. The van der Waals surface area contributed by atoms with Crippen LogP contribution in [0.25, 0.3) is 5.65 Å². The van der Waals surface area contributed by atoms with Gasteiger partial charge in [0.1, 0.15) is 11.3 Å². The molecule has 0 saturated carbocycles. The van der Waals surface area contributed by atoms with Crippen molar-refractivity contribution in [3.63, 3.8) is 0 Å². The molecule has 0 unspecified atom stereocenters. The summed E-state index contributed by atoms with van der Waals surface area (Å²) >= 11 is 0. The number of benzene rings is 1. The summed E-state index contributed by atoms with van der Waals surface area (Å²) in [6.07, 6.45) is -2.35. The number of rotatable bonds is 4. The number of halogens is 3. The topological polar surface area (TPSA) is 87.5 Å². The predicted molar refractivity (Wildman–Crippen MR) is 99.1 cm³/mol. The first-order chi connectivity index (χ1) is 13.8. The minimum absolute atomic E-state index is 0.182. The fourth-order valence-corrected chi connectivity index (χ4v) is 2.78. The van der Waals surface area contributed by atoms with Gasteiger partial charge < -0.3 is 5.32 Å². The highest BCUT2D eigenvalue weighted by atomic mass is 19.4. The van der Waals surface area contributed by atoms with E-state index in [0.717, 1.165) is 12.1 Å². The second kappa shape index (κ2) is 8.21. The van der Waals surface area contributed by atoms with Crippen LogP contribution in [-0.2, 0) is 12.6 Å². The Morgan fingerprint density at radius 2 is 1.79 bits per heavy atom. The summed E-state index contributed by atoms with van der Waals surface area (Å²) in [6.45, 7) is 1.87. The highest BCUT2D eigenvalue weighted by Crippen LogP contribution is 2.29. The van der Waals surface area contributed by atoms with E-state index in [2.05, 4.69) is 21.2 Å². The molecule has 152 valence electrons. The summed E-state index contributed by atoms with van der Waals surface area (Å²) in [5, 5.41) is 2.52. The van der Waals surface area contributed by atoms with Gasteiger partial charge in [-0.3, -0.25) is 14.6 Å². The van der Waals surface area contributed by atoms with Crippen molar-refractivity contribution in [2.45, 2.75) is 19.5 Å². The standard InChI is InChI=1S/C19H18F3N5O2/c1-12-16(27-11-3-2-4-15(27)24-12)17(28)25-26-18(29)23-10-9-13-5-7-14(8-6-13)19(20,21)22/h2-8,11H,9-10H2,1H3,(H,25,28)(H2,23,26,29). The van der Waals surface area contributed by atoms with E-state index in [9.17, 15) is 22.8 Å². The molecular weight excluding hydrogens is 387 g/mol. The predicted octanol–water partition coefficient (Wildman–Crippen LogP) is 2.85. The highest BCUT2D eigenvalue weighted by Gasteiger charge is 2.29. The van der Waals surface area contributed by atoms with Gasteiger partial charge in [0.2, 0.25) is 0 Å². The number of aromatic nitrogens is 2. The van der Waals surface area contributed by atoms with Crippen molar-refractivity contribution in [1.29, 1.82) is 0 Å². The number of urea groups is 1. The van der Waals surface area contributed by atoms with Crippen LogP contribution in [0.4, 0.5) is 18.0 Å². The summed E-state index contributed by atoms with van der Waals surface area (Å²) in [7, 11) is 0. The Morgan fingerprint density at radius 1 is 1.07 bits per heavy atom. The third-order valence-electron chi connectivity index (χ3n) is 4.19. The summed E-state index contributed by atoms with van der Waals surface area (Å²) in [6, 6.07) is 9.37. The molecule has 0 aliphatic rings. The number of nitrogens with one attached hydrogen (secondary N) is 3. The van der Waals surface area contributed by atoms with Gasteiger partial charge in [-0.2, -0.15) is 13.2 Å². The molecule has 3 N–H and O–H groups in total. The molecule has 0 atom stereocenters. The SMILES string of the molecule is Cc1nc2ccccn2c1C(=O)NNC(=O)NCCc1ccc(C(F)(F)F)cc1. The van der Waals surface area contributed by atoms with Crippen molar-refractivity contribution in [2.24, 2.45) is 0 Å². The summed E-state index contributed by atoms with van der Waals surface area (Å²) < 4.78 is 39.2. The Kier molecular flexibility index (Phi) is 5.71. The number of nitrogens with zero attached hydrogens (tertiary/aromatic N) is 2. The van der Waals surface area contributed by atoms with Gasteiger partial charge in [-0.25, -0.2) is 15.2 Å². The van der Waals surface area contributed by atoms with Crippen LogP contribution in [0.3, 0.4) is 0 Å². The minimum atomic E-state index is -4.38. The zero-order valence-electron chi connectivity index (χ0n) is 15.4. The van der Waals surface area contributed by atoms with Gasteiger partial charge in [0, 0.05) is 12.7 Å². The maximum absolute atomic E-state index is 12.5. The van der Waals surface area contributed by atoms with Crippen molar-refractivity contribution in [3.05, 3.63) is 71.2 Å². The van der Waals surface area contributed by atoms with Crippen LogP contribution in [0.1, 0.15) is 27.3 Å². The summed E-state index contributed by atoms with van der Waals surface area (Å²) in [5.41, 5.74) is 5.88. The van der Waals surface area contributed by atoms with Gasteiger partial charge in [-0.15, -0.1) is 0 Å². The van der Waals surface area contributed by atoms with E-state index in [4.69, 9.17) is 0 Å². The smallest absolute Gasteiger partial charge is 0.336 e. The van der Waals surface area contributed by atoms with Crippen molar-refractivity contribution >= 4 is 17.6 Å². The van der Waals surface area contributed by atoms with E-state index < -0.39 is 23.7 Å². The van der Waals surface area contributed by atoms with Crippen LogP contribution < -0.4 is 16.2 Å². The van der Waals surface area contributed by atoms with Gasteiger partial charge in [-0.05, 0) is 43.2 Å². The van der Waals surface area contributed by atoms with Crippen molar-refractivity contribution < 1.29 is 22.8 Å². The lowest BCUT2D eigenvalue weighted by Gasteiger charge is -2.10. The largest absolute Gasteiger partial charge is 0.416 e. The summed E-state index contributed by atoms with van der Waals surface area (Å²) in [4.78, 5) is 28.4. The molecule has 2 heterocycles. The second-order valence-electron chi connectivity index (χ2n) is 6.25. The third-order valence-corrected chi connectivity index (χ3v) is 4.19.